The summed E-state index contributed by atoms with van der Waals surface area (Å²) < 4.78 is 0. The molecule has 0 aromatic heterocycles. The van der Waals surface area contributed by atoms with Gasteiger partial charge in [-0.3, -0.25) is 4.79 Å². The van der Waals surface area contributed by atoms with Crippen LogP contribution in [0.5, 0.6) is 0 Å². The fourth-order valence-corrected chi connectivity index (χ4v) is 2.92. The molecule has 20 heavy (non-hydrogen) atoms. The number of unbranched alkanes of at least 4 members (excludes halogenated alkanes) is 5. The summed E-state index contributed by atoms with van der Waals surface area (Å²) in [6.45, 7) is 4.75. The van der Waals surface area contributed by atoms with E-state index < -0.39 is 12.0 Å². The molecule has 0 radical (unpaired) electrons. The number of carboxylic acid groups (broad SMARTS) is 1. The van der Waals surface area contributed by atoms with Crippen molar-refractivity contribution in [2.75, 3.05) is 6.54 Å². The highest BCUT2D eigenvalue weighted by Gasteiger charge is 2.35. The molecule has 0 aromatic carbocycles. The maximum absolute atomic E-state index is 12.3. The lowest BCUT2D eigenvalue weighted by molar-refractivity contribution is -0.149. The van der Waals surface area contributed by atoms with Gasteiger partial charge in [-0.15, -0.1) is 0 Å². The Balaban J connectivity index is 2.26. The molecule has 0 aliphatic carbocycles. The summed E-state index contributed by atoms with van der Waals surface area (Å²) in [7, 11) is 0. The van der Waals surface area contributed by atoms with Crippen molar-refractivity contribution in [2.24, 2.45) is 5.92 Å². The molecule has 0 bridgehead atoms. The fraction of sp³-hybridized carbons (Fsp3) is 0.875. The van der Waals surface area contributed by atoms with Gasteiger partial charge in [0.15, 0.2) is 0 Å². The largest absolute Gasteiger partial charge is 0.480 e. The minimum absolute atomic E-state index is 0.0310. The Morgan fingerprint density at radius 1 is 1.20 bits per heavy atom. The molecule has 4 heteroatoms. The number of nitrogens with zero attached hydrogens (tertiary/aromatic N) is 1. The molecular weight excluding hydrogens is 254 g/mol. The fourth-order valence-electron chi connectivity index (χ4n) is 2.92. The Hall–Kier alpha value is -1.06. The summed E-state index contributed by atoms with van der Waals surface area (Å²) in [4.78, 5) is 25.0. The van der Waals surface area contributed by atoms with Crippen molar-refractivity contribution in [3.8, 4) is 0 Å². The quantitative estimate of drug-likeness (QED) is 0.659. The van der Waals surface area contributed by atoms with Gasteiger partial charge >= 0.3 is 5.97 Å². The maximum atomic E-state index is 12.3. The van der Waals surface area contributed by atoms with Crippen LogP contribution in [0.25, 0.3) is 0 Å². The molecular formula is C16H29NO3. The van der Waals surface area contributed by atoms with Crippen LogP contribution in [-0.4, -0.2) is 34.5 Å². The van der Waals surface area contributed by atoms with E-state index in [1.165, 1.54) is 32.1 Å². The first-order chi connectivity index (χ1) is 9.57. The van der Waals surface area contributed by atoms with Crippen LogP contribution in [-0.2, 0) is 9.59 Å². The molecule has 1 saturated heterocycles. The second kappa shape index (κ2) is 8.98. The van der Waals surface area contributed by atoms with Crippen molar-refractivity contribution in [3.05, 3.63) is 0 Å². The van der Waals surface area contributed by atoms with Crippen LogP contribution >= 0.6 is 0 Å². The van der Waals surface area contributed by atoms with Gasteiger partial charge in [-0.25, -0.2) is 4.79 Å². The Labute approximate surface area is 122 Å². The minimum Gasteiger partial charge on any atom is -0.480 e. The monoisotopic (exact) mass is 283 g/mol. The Morgan fingerprint density at radius 3 is 2.50 bits per heavy atom. The molecule has 116 valence electrons. The molecule has 2 atom stereocenters. The Bertz CT molecular complexity index is 317. The number of carboxylic acids is 1. The van der Waals surface area contributed by atoms with E-state index in [4.69, 9.17) is 5.11 Å². The van der Waals surface area contributed by atoms with Crippen LogP contribution in [0.15, 0.2) is 0 Å². The smallest absolute Gasteiger partial charge is 0.326 e. The molecule has 1 aliphatic heterocycles. The molecule has 0 spiro atoms. The van der Waals surface area contributed by atoms with Gasteiger partial charge in [-0.05, 0) is 19.3 Å². The average Bonchev–Trinajstić information content (AvgIpc) is 2.91. The van der Waals surface area contributed by atoms with Crippen LogP contribution in [0, 0.1) is 5.92 Å². The highest BCUT2D eigenvalue weighted by Crippen LogP contribution is 2.22. The van der Waals surface area contributed by atoms with Crippen molar-refractivity contribution >= 4 is 11.9 Å². The molecule has 1 aliphatic rings. The van der Waals surface area contributed by atoms with Crippen molar-refractivity contribution in [1.29, 1.82) is 0 Å². The predicted molar refractivity (Wildman–Crippen MR) is 79.5 cm³/mol. The predicted octanol–water partition coefficient (Wildman–Crippen LogP) is 3.45. The maximum Gasteiger partial charge on any atom is 0.326 e. The van der Waals surface area contributed by atoms with E-state index >= 15 is 0 Å². The van der Waals surface area contributed by atoms with E-state index in [0.29, 0.717) is 13.0 Å². The van der Waals surface area contributed by atoms with Crippen LogP contribution in [0.1, 0.15) is 71.6 Å². The molecule has 0 unspecified atom stereocenters. The lowest BCUT2D eigenvalue weighted by atomic mass is 10.00. The van der Waals surface area contributed by atoms with Gasteiger partial charge in [0, 0.05) is 12.5 Å². The minimum atomic E-state index is -0.859. The van der Waals surface area contributed by atoms with E-state index in [2.05, 4.69) is 6.92 Å². The molecule has 1 fully saturated rings. The number of hydrogen-bond donors (Lipinski definition) is 1. The van der Waals surface area contributed by atoms with Crippen molar-refractivity contribution in [3.63, 3.8) is 0 Å². The highest BCUT2D eigenvalue weighted by molar-refractivity contribution is 5.85. The summed E-state index contributed by atoms with van der Waals surface area (Å²) in [5.41, 5.74) is 0. The number of likely N-dealkylation sites (tertiary alicyclic amines) is 1. The van der Waals surface area contributed by atoms with E-state index in [1.807, 2.05) is 6.92 Å². The van der Waals surface area contributed by atoms with Crippen LogP contribution in [0.4, 0.5) is 0 Å². The molecule has 1 rings (SSSR count). The van der Waals surface area contributed by atoms with Crippen LogP contribution < -0.4 is 0 Å². The van der Waals surface area contributed by atoms with E-state index in [1.54, 1.807) is 4.90 Å². The third kappa shape index (κ3) is 5.14. The summed E-state index contributed by atoms with van der Waals surface area (Å²) in [6.07, 6.45) is 9.62. The summed E-state index contributed by atoms with van der Waals surface area (Å²) in [6, 6.07) is -0.588. The highest BCUT2D eigenvalue weighted by atomic mass is 16.4. The first-order valence-electron chi connectivity index (χ1n) is 8.11. The number of rotatable bonds is 9. The number of carbonyl (C=O) groups is 2. The molecule has 1 heterocycles. The van der Waals surface area contributed by atoms with Gasteiger partial charge in [0.25, 0.3) is 0 Å². The van der Waals surface area contributed by atoms with E-state index in [-0.39, 0.29) is 11.8 Å². The third-order valence-corrected chi connectivity index (χ3v) is 4.23. The average molecular weight is 283 g/mol. The zero-order valence-corrected chi connectivity index (χ0v) is 12.9. The standard InChI is InChI=1S/C16H29NO3/c1-3-4-5-6-7-8-10-13(2)15(18)17-12-9-11-14(17)16(19)20/h13-14H,3-12H2,1-2H3,(H,19,20)/t13-,14-/m0/s1. The third-order valence-electron chi connectivity index (χ3n) is 4.23. The topological polar surface area (TPSA) is 57.6 Å². The van der Waals surface area contributed by atoms with Crippen molar-refractivity contribution < 1.29 is 14.7 Å². The van der Waals surface area contributed by atoms with Gasteiger partial charge in [0.2, 0.25) is 5.91 Å². The van der Waals surface area contributed by atoms with Gasteiger partial charge < -0.3 is 10.0 Å². The SMILES string of the molecule is CCCCCCCC[C@H](C)C(=O)N1CCC[C@H]1C(=O)O. The summed E-state index contributed by atoms with van der Waals surface area (Å²) >= 11 is 0. The van der Waals surface area contributed by atoms with Gasteiger partial charge in [0.1, 0.15) is 6.04 Å². The molecule has 0 aromatic rings. The van der Waals surface area contributed by atoms with Crippen molar-refractivity contribution in [1.82, 2.24) is 4.90 Å². The second-order valence-corrected chi connectivity index (χ2v) is 5.99. The first kappa shape index (κ1) is 17.0. The number of hydrogen-bond acceptors (Lipinski definition) is 2. The van der Waals surface area contributed by atoms with Gasteiger partial charge in [-0.2, -0.15) is 0 Å². The Morgan fingerprint density at radius 2 is 1.85 bits per heavy atom. The Kier molecular flexibility index (Phi) is 7.63. The van der Waals surface area contributed by atoms with Gasteiger partial charge in [-0.1, -0.05) is 52.4 Å². The zero-order valence-electron chi connectivity index (χ0n) is 12.9. The lowest BCUT2D eigenvalue weighted by Crippen LogP contribution is -2.42. The van der Waals surface area contributed by atoms with E-state index in [0.717, 1.165) is 19.3 Å². The van der Waals surface area contributed by atoms with Crippen LogP contribution in [0.3, 0.4) is 0 Å². The molecule has 4 nitrogen and oxygen atoms in total. The summed E-state index contributed by atoms with van der Waals surface area (Å²) in [5, 5.41) is 9.12. The van der Waals surface area contributed by atoms with Crippen LogP contribution in [0.2, 0.25) is 0 Å². The number of amides is 1. The number of carbonyl (C=O) groups excluding carboxylic acids is 1. The molecule has 1 amide bonds. The van der Waals surface area contributed by atoms with E-state index in [9.17, 15) is 9.59 Å². The molecule has 0 saturated carbocycles. The van der Waals surface area contributed by atoms with Crippen molar-refractivity contribution in [2.45, 2.75) is 77.7 Å². The number of aliphatic carboxylic acids is 1. The zero-order chi connectivity index (χ0) is 15.0. The van der Waals surface area contributed by atoms with Gasteiger partial charge in [0.05, 0.1) is 0 Å². The second-order valence-electron chi connectivity index (χ2n) is 5.99. The first-order valence-corrected chi connectivity index (χ1v) is 8.11. The molecule has 1 N–H and O–H groups in total. The summed E-state index contributed by atoms with van der Waals surface area (Å²) in [5.74, 6) is -0.868. The normalized spacial score (nSPS) is 20.1. The lowest BCUT2D eigenvalue weighted by Gasteiger charge is -2.24.